The van der Waals surface area contributed by atoms with Crippen LogP contribution in [-0.4, -0.2) is 25.7 Å². The summed E-state index contributed by atoms with van der Waals surface area (Å²) in [5, 5.41) is 3.04. The van der Waals surface area contributed by atoms with Gasteiger partial charge in [-0.05, 0) is 41.8 Å². The molecule has 3 aromatic carbocycles. The lowest BCUT2D eigenvalue weighted by Gasteiger charge is -2.26. The second-order valence-corrected chi connectivity index (χ2v) is 6.93. The standard InChI is InChI=1S/C24H23NO4/c1-27-23-14-19(11-12-22(23)28-15-17-7-3-2-4-8-17)24(26)25-20-13-18-9-5-6-10-21(18)29-16-20/h2-12,14,20H,13,15-16H2,1H3,(H,25,26). The first-order chi connectivity index (χ1) is 14.2. The molecule has 1 aliphatic heterocycles. The predicted molar refractivity (Wildman–Crippen MR) is 111 cm³/mol. The van der Waals surface area contributed by atoms with Gasteiger partial charge in [-0.3, -0.25) is 4.79 Å². The van der Waals surface area contributed by atoms with Crippen LogP contribution in [0.25, 0.3) is 0 Å². The number of ether oxygens (including phenoxy) is 3. The number of rotatable bonds is 6. The number of hydrogen-bond donors (Lipinski definition) is 1. The maximum absolute atomic E-state index is 12.7. The molecular formula is C24H23NO4. The number of carbonyl (C=O) groups is 1. The molecule has 0 radical (unpaired) electrons. The number of fused-ring (bicyclic) bond motifs is 1. The number of benzene rings is 3. The molecule has 4 rings (SSSR count). The van der Waals surface area contributed by atoms with Crippen molar-refractivity contribution in [3.63, 3.8) is 0 Å². The molecular weight excluding hydrogens is 366 g/mol. The fraction of sp³-hybridized carbons (Fsp3) is 0.208. The molecule has 5 heteroatoms. The van der Waals surface area contributed by atoms with Crippen LogP contribution in [0.4, 0.5) is 0 Å². The predicted octanol–water partition coefficient (Wildman–Crippen LogP) is 4.01. The average molecular weight is 389 g/mol. The van der Waals surface area contributed by atoms with Crippen molar-refractivity contribution in [1.29, 1.82) is 0 Å². The van der Waals surface area contributed by atoms with E-state index in [2.05, 4.69) is 5.32 Å². The zero-order valence-electron chi connectivity index (χ0n) is 16.3. The van der Waals surface area contributed by atoms with Gasteiger partial charge in [0.05, 0.1) is 13.2 Å². The fourth-order valence-electron chi connectivity index (χ4n) is 3.35. The van der Waals surface area contributed by atoms with Crippen molar-refractivity contribution in [2.24, 2.45) is 0 Å². The number of methoxy groups -OCH3 is 1. The lowest BCUT2D eigenvalue weighted by atomic mass is 10.0. The topological polar surface area (TPSA) is 56.8 Å². The lowest BCUT2D eigenvalue weighted by molar-refractivity contribution is 0.0915. The summed E-state index contributed by atoms with van der Waals surface area (Å²) in [7, 11) is 1.57. The molecule has 1 atom stereocenters. The van der Waals surface area contributed by atoms with Crippen molar-refractivity contribution in [3.8, 4) is 17.2 Å². The van der Waals surface area contributed by atoms with Gasteiger partial charge in [-0.1, -0.05) is 48.5 Å². The van der Waals surface area contributed by atoms with Crippen molar-refractivity contribution in [2.75, 3.05) is 13.7 Å². The summed E-state index contributed by atoms with van der Waals surface area (Å²) in [6.07, 6.45) is 0.747. The first kappa shape index (κ1) is 18.9. The molecule has 0 spiro atoms. The molecule has 5 nitrogen and oxygen atoms in total. The minimum Gasteiger partial charge on any atom is -0.493 e. The van der Waals surface area contributed by atoms with Crippen LogP contribution in [0.1, 0.15) is 21.5 Å². The first-order valence-corrected chi connectivity index (χ1v) is 9.59. The van der Waals surface area contributed by atoms with E-state index in [0.717, 1.165) is 23.3 Å². The number of para-hydroxylation sites is 1. The smallest absolute Gasteiger partial charge is 0.251 e. The third kappa shape index (κ3) is 4.51. The fourth-order valence-corrected chi connectivity index (χ4v) is 3.35. The Morgan fingerprint density at radius 2 is 1.83 bits per heavy atom. The molecule has 1 amide bonds. The van der Waals surface area contributed by atoms with Gasteiger partial charge in [0.15, 0.2) is 11.5 Å². The van der Waals surface area contributed by atoms with Gasteiger partial charge in [0, 0.05) is 5.56 Å². The quantitative estimate of drug-likeness (QED) is 0.692. The molecule has 0 aromatic heterocycles. The van der Waals surface area contributed by atoms with Crippen LogP contribution in [0.5, 0.6) is 17.2 Å². The van der Waals surface area contributed by atoms with E-state index in [-0.39, 0.29) is 11.9 Å². The molecule has 0 fully saturated rings. The molecule has 1 aliphatic rings. The monoisotopic (exact) mass is 389 g/mol. The number of carbonyl (C=O) groups excluding carboxylic acids is 1. The van der Waals surface area contributed by atoms with Crippen LogP contribution in [0.2, 0.25) is 0 Å². The Labute approximate surface area is 170 Å². The van der Waals surface area contributed by atoms with Gasteiger partial charge in [-0.15, -0.1) is 0 Å². The summed E-state index contributed by atoms with van der Waals surface area (Å²) in [6, 6.07) is 22.9. The van der Waals surface area contributed by atoms with Gasteiger partial charge in [-0.25, -0.2) is 0 Å². The molecule has 1 unspecified atom stereocenters. The Morgan fingerprint density at radius 3 is 2.66 bits per heavy atom. The van der Waals surface area contributed by atoms with E-state index in [0.29, 0.717) is 30.3 Å². The lowest BCUT2D eigenvalue weighted by Crippen LogP contribution is -2.42. The molecule has 148 valence electrons. The number of amides is 1. The highest BCUT2D eigenvalue weighted by Gasteiger charge is 2.22. The van der Waals surface area contributed by atoms with Crippen LogP contribution in [0.15, 0.2) is 72.8 Å². The van der Waals surface area contributed by atoms with Crippen LogP contribution < -0.4 is 19.5 Å². The normalized spacial score (nSPS) is 15.0. The zero-order chi connectivity index (χ0) is 20.1. The maximum Gasteiger partial charge on any atom is 0.251 e. The average Bonchev–Trinajstić information content (AvgIpc) is 2.78. The summed E-state index contributed by atoms with van der Waals surface area (Å²) in [5.74, 6) is 1.85. The van der Waals surface area contributed by atoms with Crippen molar-refractivity contribution in [3.05, 3.63) is 89.5 Å². The minimum absolute atomic E-state index is 0.0718. The Balaban J connectivity index is 1.41. The highest BCUT2D eigenvalue weighted by Crippen LogP contribution is 2.29. The van der Waals surface area contributed by atoms with E-state index < -0.39 is 0 Å². The SMILES string of the molecule is COc1cc(C(=O)NC2COc3ccccc3C2)ccc1OCc1ccccc1. The molecule has 29 heavy (non-hydrogen) atoms. The summed E-state index contributed by atoms with van der Waals surface area (Å²) < 4.78 is 17.0. The Bertz CT molecular complexity index is 987. The van der Waals surface area contributed by atoms with E-state index in [1.54, 1.807) is 25.3 Å². The van der Waals surface area contributed by atoms with E-state index >= 15 is 0 Å². The van der Waals surface area contributed by atoms with Crippen molar-refractivity contribution < 1.29 is 19.0 Å². The molecule has 1 heterocycles. The Morgan fingerprint density at radius 1 is 1.03 bits per heavy atom. The molecule has 0 aliphatic carbocycles. The van der Waals surface area contributed by atoms with Crippen molar-refractivity contribution in [2.45, 2.75) is 19.1 Å². The third-order valence-electron chi connectivity index (χ3n) is 4.88. The summed E-state index contributed by atoms with van der Waals surface area (Å²) in [4.78, 5) is 12.7. The van der Waals surface area contributed by atoms with Crippen molar-refractivity contribution >= 4 is 5.91 Å². The highest BCUT2D eigenvalue weighted by molar-refractivity contribution is 5.95. The Kier molecular flexibility index (Phi) is 5.66. The molecule has 0 saturated carbocycles. The Hall–Kier alpha value is -3.47. The molecule has 1 N–H and O–H groups in total. The second kappa shape index (κ2) is 8.69. The largest absolute Gasteiger partial charge is 0.493 e. The summed E-state index contributed by atoms with van der Waals surface area (Å²) in [5.41, 5.74) is 2.69. The van der Waals surface area contributed by atoms with Crippen LogP contribution in [0.3, 0.4) is 0 Å². The first-order valence-electron chi connectivity index (χ1n) is 9.59. The molecule has 3 aromatic rings. The van der Waals surface area contributed by atoms with Gasteiger partial charge >= 0.3 is 0 Å². The van der Waals surface area contributed by atoms with E-state index in [1.807, 2.05) is 54.6 Å². The third-order valence-corrected chi connectivity index (χ3v) is 4.88. The number of hydrogen-bond acceptors (Lipinski definition) is 4. The van der Waals surface area contributed by atoms with E-state index in [4.69, 9.17) is 14.2 Å². The highest BCUT2D eigenvalue weighted by atomic mass is 16.5. The van der Waals surface area contributed by atoms with Crippen LogP contribution >= 0.6 is 0 Å². The summed E-state index contributed by atoms with van der Waals surface area (Å²) in [6.45, 7) is 0.889. The minimum atomic E-state index is -0.161. The van der Waals surface area contributed by atoms with E-state index in [9.17, 15) is 4.79 Å². The van der Waals surface area contributed by atoms with Gasteiger partial charge in [-0.2, -0.15) is 0 Å². The van der Waals surface area contributed by atoms with Crippen LogP contribution in [-0.2, 0) is 13.0 Å². The zero-order valence-corrected chi connectivity index (χ0v) is 16.3. The van der Waals surface area contributed by atoms with Crippen LogP contribution in [0, 0.1) is 0 Å². The molecule has 0 bridgehead atoms. The van der Waals surface area contributed by atoms with E-state index in [1.165, 1.54) is 0 Å². The maximum atomic E-state index is 12.7. The number of nitrogens with one attached hydrogen (secondary N) is 1. The van der Waals surface area contributed by atoms with Gasteiger partial charge < -0.3 is 19.5 Å². The van der Waals surface area contributed by atoms with Gasteiger partial charge in [0.1, 0.15) is 19.0 Å². The second-order valence-electron chi connectivity index (χ2n) is 6.93. The summed E-state index contributed by atoms with van der Waals surface area (Å²) >= 11 is 0. The molecule has 0 saturated heterocycles. The van der Waals surface area contributed by atoms with Gasteiger partial charge in [0.2, 0.25) is 0 Å². The van der Waals surface area contributed by atoms with Crippen molar-refractivity contribution in [1.82, 2.24) is 5.32 Å². The van der Waals surface area contributed by atoms with Gasteiger partial charge in [0.25, 0.3) is 5.91 Å².